The first-order valence-electron chi connectivity index (χ1n) is 7.30. The molecule has 1 aromatic carbocycles. The first kappa shape index (κ1) is 17.2. The molecule has 0 radical (unpaired) electrons. The molecule has 4 heteroatoms. The summed E-state index contributed by atoms with van der Waals surface area (Å²) < 4.78 is 0. The predicted molar refractivity (Wildman–Crippen MR) is 83.6 cm³/mol. The van der Waals surface area contributed by atoms with Crippen molar-refractivity contribution < 1.29 is 14.7 Å². The molecule has 1 amide bonds. The monoisotopic (exact) mass is 291 g/mol. The molecule has 0 aromatic heterocycles. The third-order valence-electron chi connectivity index (χ3n) is 3.60. The molecule has 4 nitrogen and oxygen atoms in total. The molecule has 0 heterocycles. The standard InChI is InChI=1S/C17H25NO3/c1-6-18(12(2)11-15(19)20)16(21)13-7-9-14(10-8-13)17(3,4)5/h7-10,12H,6,11H2,1-5H3,(H,19,20). The minimum Gasteiger partial charge on any atom is -0.481 e. The van der Waals surface area contributed by atoms with Crippen LogP contribution in [0.15, 0.2) is 24.3 Å². The van der Waals surface area contributed by atoms with E-state index in [1.165, 1.54) is 5.56 Å². The van der Waals surface area contributed by atoms with Crippen LogP contribution < -0.4 is 0 Å². The Labute approximate surface area is 126 Å². The Bertz CT molecular complexity index is 500. The highest BCUT2D eigenvalue weighted by atomic mass is 16.4. The summed E-state index contributed by atoms with van der Waals surface area (Å²) in [5, 5.41) is 8.87. The maximum absolute atomic E-state index is 12.5. The van der Waals surface area contributed by atoms with Crippen LogP contribution in [0.2, 0.25) is 0 Å². The van der Waals surface area contributed by atoms with Gasteiger partial charge in [0.15, 0.2) is 0 Å². The summed E-state index contributed by atoms with van der Waals surface area (Å²) in [5.41, 5.74) is 1.81. The molecular weight excluding hydrogens is 266 g/mol. The zero-order chi connectivity index (χ0) is 16.2. The van der Waals surface area contributed by atoms with Gasteiger partial charge in [0.25, 0.3) is 5.91 Å². The van der Waals surface area contributed by atoms with Gasteiger partial charge < -0.3 is 10.0 Å². The van der Waals surface area contributed by atoms with Crippen LogP contribution in [0.4, 0.5) is 0 Å². The van der Waals surface area contributed by atoms with Gasteiger partial charge in [0.05, 0.1) is 6.42 Å². The lowest BCUT2D eigenvalue weighted by molar-refractivity contribution is -0.138. The Morgan fingerprint density at radius 3 is 2.10 bits per heavy atom. The number of amides is 1. The third kappa shape index (κ3) is 4.59. The van der Waals surface area contributed by atoms with Crippen LogP contribution in [0, 0.1) is 0 Å². The van der Waals surface area contributed by atoms with Crippen LogP contribution in [-0.2, 0) is 10.2 Å². The zero-order valence-electron chi connectivity index (χ0n) is 13.5. The van der Waals surface area contributed by atoms with Gasteiger partial charge in [-0.05, 0) is 37.0 Å². The lowest BCUT2D eigenvalue weighted by Gasteiger charge is -2.27. The topological polar surface area (TPSA) is 57.6 Å². The molecule has 116 valence electrons. The quantitative estimate of drug-likeness (QED) is 0.905. The van der Waals surface area contributed by atoms with Crippen molar-refractivity contribution in [2.75, 3.05) is 6.54 Å². The Morgan fingerprint density at radius 2 is 1.71 bits per heavy atom. The molecule has 1 aromatic rings. The van der Waals surface area contributed by atoms with Crippen molar-refractivity contribution in [3.8, 4) is 0 Å². The molecular formula is C17H25NO3. The molecule has 1 unspecified atom stereocenters. The van der Waals surface area contributed by atoms with Crippen molar-refractivity contribution in [3.63, 3.8) is 0 Å². The number of carboxylic acids is 1. The van der Waals surface area contributed by atoms with E-state index in [4.69, 9.17) is 5.11 Å². The van der Waals surface area contributed by atoms with E-state index in [1.807, 2.05) is 31.2 Å². The van der Waals surface area contributed by atoms with Crippen LogP contribution >= 0.6 is 0 Å². The predicted octanol–water partition coefficient (Wildman–Crippen LogP) is 3.31. The first-order chi connectivity index (χ1) is 9.66. The second kappa shape index (κ2) is 6.74. The van der Waals surface area contributed by atoms with E-state index in [-0.39, 0.29) is 23.8 Å². The van der Waals surface area contributed by atoms with Crippen LogP contribution in [0.25, 0.3) is 0 Å². The number of carboxylic acid groups (broad SMARTS) is 1. The molecule has 1 rings (SSSR count). The molecule has 21 heavy (non-hydrogen) atoms. The zero-order valence-corrected chi connectivity index (χ0v) is 13.5. The highest BCUT2D eigenvalue weighted by molar-refractivity contribution is 5.94. The summed E-state index contributed by atoms with van der Waals surface area (Å²) in [6.45, 7) is 10.5. The normalized spacial score (nSPS) is 12.8. The summed E-state index contributed by atoms with van der Waals surface area (Å²) in [4.78, 5) is 24.9. The second-order valence-corrected chi connectivity index (χ2v) is 6.37. The average Bonchev–Trinajstić information content (AvgIpc) is 2.37. The van der Waals surface area contributed by atoms with Gasteiger partial charge in [-0.2, -0.15) is 0 Å². The van der Waals surface area contributed by atoms with E-state index in [1.54, 1.807) is 11.8 Å². The molecule has 0 aliphatic carbocycles. The van der Waals surface area contributed by atoms with Crippen LogP contribution in [-0.4, -0.2) is 34.5 Å². The SMILES string of the molecule is CCN(C(=O)c1ccc(C(C)(C)C)cc1)C(C)CC(=O)O. The van der Waals surface area contributed by atoms with E-state index in [9.17, 15) is 9.59 Å². The minimum atomic E-state index is -0.892. The van der Waals surface area contributed by atoms with Crippen molar-refractivity contribution in [3.05, 3.63) is 35.4 Å². The molecule has 1 atom stereocenters. The molecule has 0 fully saturated rings. The second-order valence-electron chi connectivity index (χ2n) is 6.37. The average molecular weight is 291 g/mol. The molecule has 0 saturated carbocycles. The lowest BCUT2D eigenvalue weighted by Crippen LogP contribution is -2.39. The number of carbonyl (C=O) groups excluding carboxylic acids is 1. The Morgan fingerprint density at radius 1 is 1.19 bits per heavy atom. The van der Waals surface area contributed by atoms with Crippen molar-refractivity contribution in [1.82, 2.24) is 4.90 Å². The molecule has 0 saturated heterocycles. The van der Waals surface area contributed by atoms with Crippen molar-refractivity contribution in [1.29, 1.82) is 0 Å². The fourth-order valence-electron chi connectivity index (χ4n) is 2.30. The summed E-state index contributed by atoms with van der Waals surface area (Å²) >= 11 is 0. The lowest BCUT2D eigenvalue weighted by atomic mass is 9.86. The van der Waals surface area contributed by atoms with Crippen molar-refractivity contribution in [2.24, 2.45) is 0 Å². The number of hydrogen-bond acceptors (Lipinski definition) is 2. The molecule has 0 aliphatic heterocycles. The van der Waals surface area contributed by atoms with Gasteiger partial charge >= 0.3 is 5.97 Å². The van der Waals surface area contributed by atoms with Gasteiger partial charge in [0, 0.05) is 18.2 Å². The number of aliphatic carboxylic acids is 1. The number of nitrogens with zero attached hydrogens (tertiary/aromatic N) is 1. The fourth-order valence-corrected chi connectivity index (χ4v) is 2.30. The van der Waals surface area contributed by atoms with Crippen molar-refractivity contribution in [2.45, 2.75) is 52.5 Å². The Balaban J connectivity index is 2.93. The summed E-state index contributed by atoms with van der Waals surface area (Å²) in [7, 11) is 0. The largest absolute Gasteiger partial charge is 0.481 e. The van der Waals surface area contributed by atoms with E-state index >= 15 is 0 Å². The minimum absolute atomic E-state index is 0.0420. The number of hydrogen-bond donors (Lipinski definition) is 1. The van der Waals surface area contributed by atoms with E-state index in [2.05, 4.69) is 20.8 Å². The van der Waals surface area contributed by atoms with E-state index in [0.717, 1.165) is 0 Å². The van der Waals surface area contributed by atoms with E-state index in [0.29, 0.717) is 12.1 Å². The van der Waals surface area contributed by atoms with Crippen LogP contribution in [0.3, 0.4) is 0 Å². The maximum Gasteiger partial charge on any atom is 0.305 e. The molecule has 1 N–H and O–H groups in total. The summed E-state index contributed by atoms with van der Waals surface area (Å²) in [6, 6.07) is 7.24. The molecule has 0 spiro atoms. The van der Waals surface area contributed by atoms with Crippen LogP contribution in [0.1, 0.15) is 57.0 Å². The highest BCUT2D eigenvalue weighted by Crippen LogP contribution is 2.22. The molecule has 0 bridgehead atoms. The summed E-state index contributed by atoms with van der Waals surface area (Å²) in [5.74, 6) is -1.01. The van der Waals surface area contributed by atoms with Crippen LogP contribution in [0.5, 0.6) is 0 Å². The number of benzene rings is 1. The Hall–Kier alpha value is -1.84. The number of rotatable bonds is 5. The van der Waals surface area contributed by atoms with Gasteiger partial charge in [-0.3, -0.25) is 9.59 Å². The Kier molecular flexibility index (Phi) is 5.53. The van der Waals surface area contributed by atoms with Gasteiger partial charge in [0.1, 0.15) is 0 Å². The fraction of sp³-hybridized carbons (Fsp3) is 0.529. The first-order valence-corrected chi connectivity index (χ1v) is 7.30. The maximum atomic E-state index is 12.5. The van der Waals surface area contributed by atoms with Gasteiger partial charge in [0.2, 0.25) is 0 Å². The highest BCUT2D eigenvalue weighted by Gasteiger charge is 2.22. The van der Waals surface area contributed by atoms with Crippen molar-refractivity contribution >= 4 is 11.9 Å². The van der Waals surface area contributed by atoms with Gasteiger partial charge in [-0.25, -0.2) is 0 Å². The van der Waals surface area contributed by atoms with Gasteiger partial charge in [-0.1, -0.05) is 32.9 Å². The summed E-state index contributed by atoms with van der Waals surface area (Å²) in [6.07, 6.45) is -0.0420. The molecule has 0 aliphatic rings. The third-order valence-corrected chi connectivity index (χ3v) is 3.60. The number of carbonyl (C=O) groups is 2. The smallest absolute Gasteiger partial charge is 0.305 e. The van der Waals surface area contributed by atoms with Gasteiger partial charge in [-0.15, -0.1) is 0 Å². The van der Waals surface area contributed by atoms with E-state index < -0.39 is 5.97 Å².